The first-order chi connectivity index (χ1) is 14.1. The molecule has 1 aromatic carbocycles. The van der Waals surface area contributed by atoms with Crippen LogP contribution >= 0.6 is 47.8 Å². The van der Waals surface area contributed by atoms with Gasteiger partial charge in [0, 0.05) is 4.47 Å². The maximum atomic E-state index is 13.1. The molecule has 0 aromatic heterocycles. The minimum Gasteiger partial charge on any atom is -0.462 e. The number of anilines is 1. The van der Waals surface area contributed by atoms with Gasteiger partial charge in [-0.1, -0.05) is 47.8 Å². The van der Waals surface area contributed by atoms with E-state index in [1.807, 2.05) is 0 Å². The molecule has 0 heterocycles. The third-order valence-corrected chi connectivity index (χ3v) is 4.81. The first kappa shape index (κ1) is 27.9. The number of benzene rings is 1. The molecule has 7 nitrogen and oxygen atoms in total. The summed E-state index contributed by atoms with van der Waals surface area (Å²) in [6.45, 7) is 11.9. The van der Waals surface area contributed by atoms with Gasteiger partial charge in [0.25, 0.3) is 0 Å². The molecule has 0 unspecified atom stereocenters. The van der Waals surface area contributed by atoms with Crippen LogP contribution in [0.15, 0.2) is 16.6 Å². The normalized spacial score (nSPS) is 11.8. The van der Waals surface area contributed by atoms with E-state index in [1.54, 1.807) is 54.5 Å². The van der Waals surface area contributed by atoms with Crippen LogP contribution in [-0.4, -0.2) is 39.7 Å². The van der Waals surface area contributed by atoms with Crippen molar-refractivity contribution >= 4 is 71.6 Å². The number of ether oxygens (including phenoxy) is 3. The number of nitrogens with zero attached hydrogens (tertiary/aromatic N) is 1. The van der Waals surface area contributed by atoms with Crippen LogP contribution in [0, 0.1) is 0 Å². The zero-order valence-electron chi connectivity index (χ0n) is 18.7. The van der Waals surface area contributed by atoms with Crippen LogP contribution < -0.4 is 4.90 Å². The zero-order chi connectivity index (χ0) is 24.1. The Morgan fingerprint density at radius 1 is 0.968 bits per heavy atom. The van der Waals surface area contributed by atoms with Crippen LogP contribution in [0.4, 0.5) is 15.3 Å². The van der Waals surface area contributed by atoms with Crippen molar-refractivity contribution in [2.24, 2.45) is 0 Å². The molecule has 0 aliphatic carbocycles. The lowest BCUT2D eigenvalue weighted by Gasteiger charge is -2.29. The highest BCUT2D eigenvalue weighted by Crippen LogP contribution is 2.33. The summed E-state index contributed by atoms with van der Waals surface area (Å²) in [5.74, 6) is -0.684. The Morgan fingerprint density at radius 3 is 1.84 bits per heavy atom. The lowest BCUT2D eigenvalue weighted by atomic mass is 10.1. The fourth-order valence-corrected chi connectivity index (χ4v) is 3.57. The zero-order valence-corrected chi connectivity index (χ0v) is 23.4. The molecule has 0 atom stereocenters. The lowest BCUT2D eigenvalue weighted by Crippen LogP contribution is -2.44. The molecule has 0 saturated carbocycles. The molecule has 31 heavy (non-hydrogen) atoms. The highest BCUT2D eigenvalue weighted by Gasteiger charge is 2.36. The Bertz CT molecular complexity index is 800. The van der Waals surface area contributed by atoms with Crippen LogP contribution in [-0.2, 0) is 20.6 Å². The van der Waals surface area contributed by atoms with Crippen molar-refractivity contribution in [3.8, 4) is 0 Å². The van der Waals surface area contributed by atoms with Crippen molar-refractivity contribution in [2.75, 3.05) is 11.5 Å². The van der Waals surface area contributed by atoms with Gasteiger partial charge in [-0.2, -0.15) is 4.90 Å². The Balaban J connectivity index is 3.73. The van der Waals surface area contributed by atoms with E-state index >= 15 is 0 Å². The van der Waals surface area contributed by atoms with Gasteiger partial charge in [-0.25, -0.2) is 14.4 Å². The van der Waals surface area contributed by atoms with E-state index in [9.17, 15) is 14.4 Å². The summed E-state index contributed by atoms with van der Waals surface area (Å²) in [6, 6.07) is 3.09. The second-order valence-corrected chi connectivity index (χ2v) is 12.9. The van der Waals surface area contributed by atoms with Crippen molar-refractivity contribution in [3.63, 3.8) is 0 Å². The van der Waals surface area contributed by atoms with Crippen LogP contribution in [0.3, 0.4) is 0 Å². The summed E-state index contributed by atoms with van der Waals surface area (Å²) < 4.78 is 16.6. The highest BCUT2D eigenvalue weighted by molar-refractivity contribution is 9.24. The van der Waals surface area contributed by atoms with Crippen molar-refractivity contribution in [2.45, 2.75) is 69.8 Å². The maximum absolute atomic E-state index is 13.1. The number of alkyl halides is 2. The van der Waals surface area contributed by atoms with Crippen molar-refractivity contribution in [1.82, 2.24) is 0 Å². The van der Waals surface area contributed by atoms with E-state index in [2.05, 4.69) is 47.8 Å². The molecular weight excluding hydrogens is 602 g/mol. The number of amides is 2. The smallest absolute Gasteiger partial charge is 0.424 e. The van der Waals surface area contributed by atoms with Gasteiger partial charge in [-0.15, -0.1) is 0 Å². The lowest BCUT2D eigenvalue weighted by molar-refractivity contribution is 0.0430. The standard InChI is InChI=1S/C21H28Br3NO6/c1-8-29-17(26)13-11-14(22)12(10-16(23)24)9-15(13)25(18(27)30-20(2,3)4)19(28)31-21(5,6)7/h9,11,16H,8,10H2,1-7H3. The van der Waals surface area contributed by atoms with E-state index in [1.165, 1.54) is 6.07 Å². The van der Waals surface area contributed by atoms with Gasteiger partial charge in [-0.3, -0.25) is 0 Å². The molecule has 174 valence electrons. The fourth-order valence-electron chi connectivity index (χ4n) is 2.37. The monoisotopic (exact) mass is 627 g/mol. The van der Waals surface area contributed by atoms with Gasteiger partial charge in [0.1, 0.15) is 11.2 Å². The summed E-state index contributed by atoms with van der Waals surface area (Å²) >= 11 is 10.3. The molecular formula is C21H28Br3NO6. The van der Waals surface area contributed by atoms with E-state index in [-0.39, 0.29) is 21.6 Å². The number of carbonyl (C=O) groups is 3. The van der Waals surface area contributed by atoms with Gasteiger partial charge >= 0.3 is 18.2 Å². The first-order valence-electron chi connectivity index (χ1n) is 9.59. The number of imide groups is 1. The van der Waals surface area contributed by atoms with Crippen molar-refractivity contribution in [1.29, 1.82) is 0 Å². The third-order valence-electron chi connectivity index (χ3n) is 3.43. The van der Waals surface area contributed by atoms with Gasteiger partial charge in [0.2, 0.25) is 0 Å². The van der Waals surface area contributed by atoms with E-state index in [0.29, 0.717) is 10.9 Å². The second-order valence-electron chi connectivity index (χ2n) is 8.57. The number of esters is 1. The summed E-state index contributed by atoms with van der Waals surface area (Å²) in [5, 5.41) is 0. The molecule has 0 saturated heterocycles. The minimum absolute atomic E-state index is 0.0146. The predicted octanol–water partition coefficient (Wildman–Crippen LogP) is 6.96. The Morgan fingerprint density at radius 2 is 1.45 bits per heavy atom. The SMILES string of the molecule is CCOC(=O)c1cc(Br)c(CC(Br)Br)cc1N(C(=O)OC(C)(C)C)C(=O)OC(C)(C)C. The maximum Gasteiger partial charge on any atom is 0.424 e. The quantitative estimate of drug-likeness (QED) is 0.199. The molecule has 0 aliphatic rings. The number of hydrogen-bond acceptors (Lipinski definition) is 6. The molecule has 0 spiro atoms. The predicted molar refractivity (Wildman–Crippen MR) is 130 cm³/mol. The molecule has 1 rings (SSSR count). The number of rotatable bonds is 5. The van der Waals surface area contributed by atoms with Crippen molar-refractivity contribution in [3.05, 3.63) is 27.7 Å². The molecule has 0 N–H and O–H groups in total. The highest BCUT2D eigenvalue weighted by atomic mass is 79.9. The Hall–Kier alpha value is -1.13. The second kappa shape index (κ2) is 11.1. The summed E-state index contributed by atoms with van der Waals surface area (Å²) in [5.41, 5.74) is -0.984. The number of hydrogen-bond donors (Lipinski definition) is 0. The summed E-state index contributed by atoms with van der Waals surface area (Å²) in [6.07, 6.45) is -1.43. The number of carbonyl (C=O) groups excluding carboxylic acids is 3. The van der Waals surface area contributed by atoms with Crippen LogP contribution in [0.5, 0.6) is 0 Å². The van der Waals surface area contributed by atoms with E-state index in [4.69, 9.17) is 14.2 Å². The number of halogens is 3. The van der Waals surface area contributed by atoms with Crippen LogP contribution in [0.2, 0.25) is 0 Å². The average Bonchev–Trinajstić information content (AvgIpc) is 2.53. The summed E-state index contributed by atoms with van der Waals surface area (Å²) in [4.78, 5) is 39.5. The molecule has 10 heteroatoms. The van der Waals surface area contributed by atoms with Crippen molar-refractivity contribution < 1.29 is 28.6 Å². The fraction of sp³-hybridized carbons (Fsp3) is 0.571. The first-order valence-corrected chi connectivity index (χ1v) is 12.2. The third kappa shape index (κ3) is 9.10. The van der Waals surface area contributed by atoms with Gasteiger partial charge in [0.15, 0.2) is 0 Å². The van der Waals surface area contributed by atoms with Crippen LogP contribution in [0.1, 0.15) is 64.4 Å². The molecule has 2 amide bonds. The molecule has 0 aliphatic heterocycles. The topological polar surface area (TPSA) is 82.1 Å². The molecule has 0 radical (unpaired) electrons. The largest absolute Gasteiger partial charge is 0.462 e. The van der Waals surface area contributed by atoms with Gasteiger partial charge in [-0.05, 0) is 72.6 Å². The van der Waals surface area contributed by atoms with Gasteiger partial charge in [0.05, 0.1) is 21.6 Å². The minimum atomic E-state index is -0.963. The molecule has 1 aromatic rings. The summed E-state index contributed by atoms with van der Waals surface area (Å²) in [7, 11) is 0. The molecule has 0 fully saturated rings. The van der Waals surface area contributed by atoms with Gasteiger partial charge < -0.3 is 14.2 Å². The van der Waals surface area contributed by atoms with E-state index < -0.39 is 29.4 Å². The average molecular weight is 630 g/mol. The van der Waals surface area contributed by atoms with E-state index in [0.717, 1.165) is 10.5 Å². The Labute approximate surface area is 208 Å². The van der Waals surface area contributed by atoms with Crippen LogP contribution in [0.25, 0.3) is 0 Å². The Kier molecular flexibility index (Phi) is 10.0. The molecule has 0 bridgehead atoms.